The Bertz CT molecular complexity index is 2170. The lowest BCUT2D eigenvalue weighted by Gasteiger charge is -2.50. The molecular weight excluding hydrogens is 585 g/mol. The zero-order valence-corrected chi connectivity index (χ0v) is 27.9. The van der Waals surface area contributed by atoms with E-state index in [0.29, 0.717) is 23.0 Å². The number of aromatic nitrogens is 3. The van der Waals surface area contributed by atoms with E-state index in [1.54, 1.807) is 0 Å². The second-order valence-electron chi connectivity index (χ2n) is 14.6. The van der Waals surface area contributed by atoms with Crippen molar-refractivity contribution in [1.82, 2.24) is 15.0 Å². The monoisotopic (exact) mass is 624 g/mol. The van der Waals surface area contributed by atoms with E-state index in [4.69, 9.17) is 15.0 Å². The molecule has 1 heterocycles. The molecule has 8 rings (SSSR count). The Balaban J connectivity index is 1.24. The summed E-state index contributed by atoms with van der Waals surface area (Å²) in [5.74, 6) is 4.25. The fourth-order valence-electron chi connectivity index (χ4n) is 9.03. The van der Waals surface area contributed by atoms with Gasteiger partial charge in [0, 0.05) is 22.1 Å². The Hall–Kier alpha value is -5.14. The lowest BCUT2D eigenvalue weighted by atomic mass is 9.54. The molecule has 0 amide bonds. The van der Waals surface area contributed by atoms with Crippen molar-refractivity contribution in [3.63, 3.8) is 0 Å². The van der Waals surface area contributed by atoms with Crippen LogP contribution in [0.4, 0.5) is 0 Å². The Morgan fingerprint density at radius 2 is 1.25 bits per heavy atom. The van der Waals surface area contributed by atoms with Crippen LogP contribution >= 0.6 is 0 Å². The van der Waals surface area contributed by atoms with Gasteiger partial charge in [0.1, 0.15) is 0 Å². The lowest BCUT2D eigenvalue weighted by Crippen LogP contribution is -2.42. The molecule has 2 fully saturated rings. The topological polar surface area (TPSA) is 62.5 Å². The summed E-state index contributed by atoms with van der Waals surface area (Å²) in [6.45, 7) is 7.03. The van der Waals surface area contributed by atoms with Crippen molar-refractivity contribution in [3.8, 4) is 51.4 Å². The van der Waals surface area contributed by atoms with E-state index < -0.39 is 0 Å². The average molecular weight is 625 g/mol. The van der Waals surface area contributed by atoms with E-state index >= 15 is 0 Å². The molecule has 48 heavy (non-hydrogen) atoms. The minimum Gasteiger partial charge on any atom is -0.208 e. The molecule has 5 aromatic carbocycles. The summed E-state index contributed by atoms with van der Waals surface area (Å²) >= 11 is 0. The Morgan fingerprint density at radius 3 is 1.96 bits per heavy atom. The molecule has 2 aliphatic carbocycles. The third-order valence-corrected chi connectivity index (χ3v) is 10.9. The highest BCUT2D eigenvalue weighted by atomic mass is 15.0. The second kappa shape index (κ2) is 12.1. The highest BCUT2D eigenvalue weighted by Crippen LogP contribution is 2.54. The standard InChI is InChI=1S/C44H40N4/c1-28-20-31-21-29(2)25-44(24-28,26-31)38-18-16-33(17-19-38)41-46-42(35-11-7-10-34(22-35)39-13-5-4-8-30(39)3)48-43(47-41)36-15-14-32-9-6-12-37(27-45)40(32)23-36/h4-19,22-23,28-29,31H,20-21,24-26H2,1-3H3/t28-,29+,31-,44?. The molecule has 0 N–H and O–H groups in total. The van der Waals surface area contributed by atoms with Crippen molar-refractivity contribution in [2.24, 2.45) is 17.8 Å². The van der Waals surface area contributed by atoms with Gasteiger partial charge < -0.3 is 0 Å². The molecule has 4 heteroatoms. The van der Waals surface area contributed by atoms with Crippen molar-refractivity contribution in [2.45, 2.75) is 58.3 Å². The molecule has 0 radical (unpaired) electrons. The fourth-order valence-corrected chi connectivity index (χ4v) is 9.03. The smallest absolute Gasteiger partial charge is 0.164 e. The van der Waals surface area contributed by atoms with E-state index in [9.17, 15) is 5.26 Å². The molecule has 236 valence electrons. The molecule has 6 aromatic rings. The minimum absolute atomic E-state index is 0.271. The van der Waals surface area contributed by atoms with Gasteiger partial charge in [-0.25, -0.2) is 15.0 Å². The molecule has 2 saturated carbocycles. The van der Waals surface area contributed by atoms with Gasteiger partial charge in [-0.1, -0.05) is 105 Å². The maximum absolute atomic E-state index is 9.83. The Labute approximate surface area is 283 Å². The Kier molecular flexibility index (Phi) is 7.64. The van der Waals surface area contributed by atoms with E-state index in [0.717, 1.165) is 50.8 Å². The second-order valence-corrected chi connectivity index (χ2v) is 14.6. The summed E-state index contributed by atoms with van der Waals surface area (Å²) in [6.07, 6.45) is 6.60. The van der Waals surface area contributed by atoms with Gasteiger partial charge >= 0.3 is 0 Å². The van der Waals surface area contributed by atoms with Crippen LogP contribution in [0.25, 0.3) is 56.1 Å². The highest BCUT2D eigenvalue weighted by molar-refractivity contribution is 5.91. The molecule has 1 aromatic heterocycles. The summed E-state index contributed by atoms with van der Waals surface area (Å²) in [6, 6.07) is 40.3. The fraction of sp³-hybridized carbons (Fsp3) is 0.273. The maximum Gasteiger partial charge on any atom is 0.164 e. The summed E-state index contributed by atoms with van der Waals surface area (Å²) in [5.41, 5.74) is 8.71. The van der Waals surface area contributed by atoms with Crippen LogP contribution in [-0.4, -0.2) is 15.0 Å². The third kappa shape index (κ3) is 5.58. The highest BCUT2D eigenvalue weighted by Gasteiger charge is 2.45. The summed E-state index contributed by atoms with van der Waals surface area (Å²) in [7, 11) is 0. The summed E-state index contributed by atoms with van der Waals surface area (Å²) in [5, 5.41) is 11.7. The molecule has 0 spiro atoms. The first-order valence-electron chi connectivity index (χ1n) is 17.3. The number of aryl methyl sites for hydroxylation is 1. The molecular formula is C44H40N4. The number of hydrogen-bond acceptors (Lipinski definition) is 4. The first kappa shape index (κ1) is 30.2. The predicted octanol–water partition coefficient (Wildman–Crippen LogP) is 11.0. The van der Waals surface area contributed by atoms with Crippen LogP contribution in [0.2, 0.25) is 0 Å². The molecule has 0 aliphatic heterocycles. The van der Waals surface area contributed by atoms with Crippen LogP contribution in [0.1, 0.15) is 62.6 Å². The normalized spacial score (nSPS) is 21.9. The number of hydrogen-bond donors (Lipinski definition) is 0. The van der Waals surface area contributed by atoms with Crippen molar-refractivity contribution in [3.05, 3.63) is 126 Å². The predicted molar refractivity (Wildman–Crippen MR) is 195 cm³/mol. The van der Waals surface area contributed by atoms with E-state index in [1.165, 1.54) is 48.8 Å². The minimum atomic E-state index is 0.271. The maximum atomic E-state index is 9.83. The van der Waals surface area contributed by atoms with Crippen LogP contribution in [0.3, 0.4) is 0 Å². The van der Waals surface area contributed by atoms with Gasteiger partial charge in [-0.15, -0.1) is 0 Å². The van der Waals surface area contributed by atoms with Crippen LogP contribution in [0, 0.1) is 36.0 Å². The largest absolute Gasteiger partial charge is 0.208 e. The SMILES string of the molecule is Cc1ccccc1-c1cccc(-c2nc(-c3ccc(C45C[C@H](C)C[C@H](C[C@H](C)C4)C5)cc3)nc(-c3ccc4cccc(C#N)c4c3)n2)c1. The van der Waals surface area contributed by atoms with Crippen molar-refractivity contribution >= 4 is 10.8 Å². The van der Waals surface area contributed by atoms with Crippen LogP contribution < -0.4 is 0 Å². The van der Waals surface area contributed by atoms with Crippen molar-refractivity contribution < 1.29 is 0 Å². The first-order valence-corrected chi connectivity index (χ1v) is 17.3. The lowest BCUT2D eigenvalue weighted by molar-refractivity contribution is 0.0780. The van der Waals surface area contributed by atoms with Gasteiger partial charge in [-0.3, -0.25) is 0 Å². The molecule has 2 bridgehead atoms. The summed E-state index contributed by atoms with van der Waals surface area (Å²) in [4.78, 5) is 15.2. The molecule has 4 atom stereocenters. The van der Waals surface area contributed by atoms with Gasteiger partial charge in [0.15, 0.2) is 17.5 Å². The zero-order chi connectivity index (χ0) is 32.8. The Morgan fingerprint density at radius 1 is 0.625 bits per heavy atom. The molecule has 4 nitrogen and oxygen atoms in total. The van der Waals surface area contributed by atoms with E-state index in [2.05, 4.69) is 99.6 Å². The van der Waals surface area contributed by atoms with Crippen LogP contribution in [-0.2, 0) is 5.41 Å². The number of nitriles is 1. The summed E-state index contributed by atoms with van der Waals surface area (Å²) < 4.78 is 0. The zero-order valence-electron chi connectivity index (χ0n) is 27.9. The third-order valence-electron chi connectivity index (χ3n) is 10.9. The van der Waals surface area contributed by atoms with Gasteiger partial charge in [-0.2, -0.15) is 5.26 Å². The van der Waals surface area contributed by atoms with Gasteiger partial charge in [0.05, 0.1) is 11.6 Å². The van der Waals surface area contributed by atoms with Crippen LogP contribution in [0.15, 0.2) is 109 Å². The average Bonchev–Trinajstić information content (AvgIpc) is 3.10. The molecule has 2 aliphatic rings. The van der Waals surface area contributed by atoms with Crippen molar-refractivity contribution in [2.75, 3.05) is 0 Å². The number of nitrogens with zero attached hydrogens (tertiary/aromatic N) is 4. The number of rotatable bonds is 5. The van der Waals surface area contributed by atoms with Crippen molar-refractivity contribution in [1.29, 1.82) is 5.26 Å². The quantitative estimate of drug-likeness (QED) is 0.191. The molecule has 0 saturated heterocycles. The van der Waals surface area contributed by atoms with Gasteiger partial charge in [-0.05, 0) is 108 Å². The van der Waals surface area contributed by atoms with Crippen LogP contribution in [0.5, 0.6) is 0 Å². The molecule has 1 unspecified atom stereocenters. The van der Waals surface area contributed by atoms with E-state index in [-0.39, 0.29) is 5.41 Å². The van der Waals surface area contributed by atoms with Gasteiger partial charge in [0.2, 0.25) is 0 Å². The first-order chi connectivity index (χ1) is 23.4. The van der Waals surface area contributed by atoms with Gasteiger partial charge in [0.25, 0.3) is 0 Å². The number of benzene rings is 5. The van der Waals surface area contributed by atoms with E-state index in [1.807, 2.05) is 36.4 Å². The number of fused-ring (bicyclic) bond motifs is 3.